The third-order valence-electron chi connectivity index (χ3n) is 2.97. The Bertz CT molecular complexity index is 615. The second-order valence-corrected chi connectivity index (χ2v) is 4.49. The largest absolute Gasteiger partial charge is 0.471 e. The van der Waals surface area contributed by atoms with E-state index in [1.54, 1.807) is 36.8 Å². The van der Waals surface area contributed by atoms with Crippen LogP contribution >= 0.6 is 0 Å². The molecule has 1 atom stereocenters. The summed E-state index contributed by atoms with van der Waals surface area (Å²) in [6, 6.07) is 5.00. The number of rotatable bonds is 4. The molecule has 108 valence electrons. The Morgan fingerprint density at radius 2 is 2.05 bits per heavy atom. The Morgan fingerprint density at radius 1 is 1.24 bits per heavy atom. The molecule has 1 N–H and O–H groups in total. The molecule has 1 fully saturated rings. The number of pyridine rings is 1. The van der Waals surface area contributed by atoms with Crippen molar-refractivity contribution >= 4 is 11.9 Å². The molecule has 0 spiro atoms. The summed E-state index contributed by atoms with van der Waals surface area (Å²) >= 11 is 0. The van der Waals surface area contributed by atoms with Gasteiger partial charge in [0.05, 0.1) is 13.2 Å². The number of carbonyl (C=O) groups is 1. The standard InChI is InChI=1S/C14H14N4O3/c19-12(18-14-16-6-2-7-17-14)11-3-1-5-15-13(11)21-10-4-8-20-9-10/h1-3,5-7,10H,4,8-9H2,(H,16,17,18,19)/t10-/m0/s1. The Balaban J connectivity index is 1.76. The molecule has 3 heterocycles. The number of carbonyl (C=O) groups excluding carboxylic acids is 1. The zero-order valence-corrected chi connectivity index (χ0v) is 11.2. The van der Waals surface area contributed by atoms with Gasteiger partial charge in [0, 0.05) is 25.0 Å². The van der Waals surface area contributed by atoms with E-state index in [1.165, 1.54) is 0 Å². The average Bonchev–Trinajstić information content (AvgIpc) is 3.02. The van der Waals surface area contributed by atoms with E-state index in [-0.39, 0.29) is 18.0 Å². The molecule has 7 heteroatoms. The smallest absolute Gasteiger partial charge is 0.263 e. The lowest BCUT2D eigenvalue weighted by Crippen LogP contribution is -2.21. The number of anilines is 1. The van der Waals surface area contributed by atoms with Crippen molar-refractivity contribution in [1.29, 1.82) is 0 Å². The Labute approximate surface area is 121 Å². The van der Waals surface area contributed by atoms with Gasteiger partial charge in [0.25, 0.3) is 5.91 Å². The number of nitrogens with one attached hydrogen (secondary N) is 1. The van der Waals surface area contributed by atoms with E-state index in [1.807, 2.05) is 0 Å². The van der Waals surface area contributed by atoms with Crippen LogP contribution in [0.1, 0.15) is 16.8 Å². The van der Waals surface area contributed by atoms with Gasteiger partial charge in [0.2, 0.25) is 11.8 Å². The molecular weight excluding hydrogens is 272 g/mol. The van der Waals surface area contributed by atoms with E-state index < -0.39 is 0 Å². The van der Waals surface area contributed by atoms with Gasteiger partial charge in [-0.2, -0.15) is 0 Å². The van der Waals surface area contributed by atoms with Crippen LogP contribution in [0.25, 0.3) is 0 Å². The van der Waals surface area contributed by atoms with Crippen LogP contribution in [0.15, 0.2) is 36.8 Å². The van der Waals surface area contributed by atoms with Crippen molar-refractivity contribution in [2.75, 3.05) is 18.5 Å². The molecule has 0 radical (unpaired) electrons. The summed E-state index contributed by atoms with van der Waals surface area (Å²) < 4.78 is 11.0. The lowest BCUT2D eigenvalue weighted by molar-refractivity contribution is 0.101. The molecule has 0 unspecified atom stereocenters. The van der Waals surface area contributed by atoms with Gasteiger partial charge in [0.1, 0.15) is 11.7 Å². The monoisotopic (exact) mass is 286 g/mol. The predicted octanol–water partition coefficient (Wildman–Crippen LogP) is 1.29. The maximum atomic E-state index is 12.3. The van der Waals surface area contributed by atoms with E-state index in [2.05, 4.69) is 20.3 Å². The fraction of sp³-hybridized carbons (Fsp3) is 0.286. The van der Waals surface area contributed by atoms with Gasteiger partial charge in [-0.1, -0.05) is 0 Å². The molecule has 0 saturated carbocycles. The van der Waals surface area contributed by atoms with Crippen LogP contribution in [-0.4, -0.2) is 40.2 Å². The SMILES string of the molecule is O=C(Nc1ncccn1)c1cccnc1O[C@H]1CCOC1. The zero-order valence-electron chi connectivity index (χ0n) is 11.2. The number of aromatic nitrogens is 3. The van der Waals surface area contributed by atoms with Crippen LogP contribution in [0.5, 0.6) is 5.88 Å². The van der Waals surface area contributed by atoms with Crippen molar-refractivity contribution in [3.05, 3.63) is 42.4 Å². The van der Waals surface area contributed by atoms with Gasteiger partial charge < -0.3 is 9.47 Å². The van der Waals surface area contributed by atoms with Crippen LogP contribution in [0.4, 0.5) is 5.95 Å². The van der Waals surface area contributed by atoms with Crippen LogP contribution in [0.2, 0.25) is 0 Å². The number of nitrogens with zero attached hydrogens (tertiary/aromatic N) is 3. The molecule has 1 saturated heterocycles. The highest BCUT2D eigenvalue weighted by atomic mass is 16.5. The molecule has 0 bridgehead atoms. The minimum Gasteiger partial charge on any atom is -0.471 e. The summed E-state index contributed by atoms with van der Waals surface area (Å²) in [5.41, 5.74) is 0.344. The maximum Gasteiger partial charge on any atom is 0.263 e. The highest BCUT2D eigenvalue weighted by Crippen LogP contribution is 2.19. The molecular formula is C14H14N4O3. The number of amides is 1. The first-order valence-corrected chi connectivity index (χ1v) is 6.61. The van der Waals surface area contributed by atoms with Gasteiger partial charge in [-0.15, -0.1) is 0 Å². The average molecular weight is 286 g/mol. The quantitative estimate of drug-likeness (QED) is 0.911. The van der Waals surface area contributed by atoms with E-state index in [9.17, 15) is 4.79 Å². The van der Waals surface area contributed by atoms with Crippen LogP contribution < -0.4 is 10.1 Å². The number of ether oxygens (including phenoxy) is 2. The van der Waals surface area contributed by atoms with Gasteiger partial charge in [-0.3, -0.25) is 10.1 Å². The van der Waals surface area contributed by atoms with Gasteiger partial charge >= 0.3 is 0 Å². The fourth-order valence-electron chi connectivity index (χ4n) is 1.95. The van der Waals surface area contributed by atoms with Crippen molar-refractivity contribution in [3.63, 3.8) is 0 Å². The molecule has 1 amide bonds. The molecule has 2 aromatic heterocycles. The summed E-state index contributed by atoms with van der Waals surface area (Å²) in [4.78, 5) is 24.3. The second kappa shape index (κ2) is 6.27. The van der Waals surface area contributed by atoms with E-state index >= 15 is 0 Å². The predicted molar refractivity (Wildman–Crippen MR) is 74.1 cm³/mol. The molecule has 1 aliphatic heterocycles. The van der Waals surface area contributed by atoms with Crippen molar-refractivity contribution in [3.8, 4) is 5.88 Å². The molecule has 0 aromatic carbocycles. The Morgan fingerprint density at radius 3 is 2.81 bits per heavy atom. The first-order valence-electron chi connectivity index (χ1n) is 6.61. The summed E-state index contributed by atoms with van der Waals surface area (Å²) in [5, 5.41) is 2.61. The minimum atomic E-state index is -0.358. The molecule has 0 aliphatic carbocycles. The van der Waals surface area contributed by atoms with Gasteiger partial charge in [0.15, 0.2) is 0 Å². The topological polar surface area (TPSA) is 86.2 Å². The highest BCUT2D eigenvalue weighted by molar-refractivity contribution is 6.04. The normalized spacial score (nSPS) is 17.4. The highest BCUT2D eigenvalue weighted by Gasteiger charge is 2.21. The summed E-state index contributed by atoms with van der Waals surface area (Å²) in [7, 11) is 0. The molecule has 1 aliphatic rings. The Hall–Kier alpha value is -2.54. The van der Waals surface area contributed by atoms with Crippen LogP contribution in [-0.2, 0) is 4.74 Å². The number of hydrogen-bond donors (Lipinski definition) is 1. The Kier molecular flexibility index (Phi) is 4.02. The van der Waals surface area contributed by atoms with E-state index in [4.69, 9.17) is 9.47 Å². The van der Waals surface area contributed by atoms with Crippen molar-refractivity contribution < 1.29 is 14.3 Å². The molecule has 2 aromatic rings. The molecule has 3 rings (SSSR count). The summed E-state index contributed by atoms with van der Waals surface area (Å²) in [6.07, 6.45) is 5.41. The first kappa shape index (κ1) is 13.4. The van der Waals surface area contributed by atoms with E-state index in [0.29, 0.717) is 24.7 Å². The van der Waals surface area contributed by atoms with Crippen molar-refractivity contribution in [1.82, 2.24) is 15.0 Å². The molecule has 7 nitrogen and oxygen atoms in total. The third kappa shape index (κ3) is 3.32. The fourth-order valence-corrected chi connectivity index (χ4v) is 1.95. The summed E-state index contributed by atoms with van der Waals surface area (Å²) in [6.45, 7) is 1.18. The van der Waals surface area contributed by atoms with Crippen molar-refractivity contribution in [2.24, 2.45) is 0 Å². The number of hydrogen-bond acceptors (Lipinski definition) is 6. The molecule has 21 heavy (non-hydrogen) atoms. The van der Waals surface area contributed by atoms with Crippen molar-refractivity contribution in [2.45, 2.75) is 12.5 Å². The lowest BCUT2D eigenvalue weighted by atomic mass is 10.2. The first-order chi connectivity index (χ1) is 10.3. The lowest BCUT2D eigenvalue weighted by Gasteiger charge is -2.13. The minimum absolute atomic E-state index is 0.0700. The zero-order chi connectivity index (χ0) is 14.5. The van der Waals surface area contributed by atoms with Crippen LogP contribution in [0, 0.1) is 0 Å². The summed E-state index contributed by atoms with van der Waals surface area (Å²) in [5.74, 6) is 0.172. The second-order valence-electron chi connectivity index (χ2n) is 4.49. The van der Waals surface area contributed by atoms with Gasteiger partial charge in [-0.25, -0.2) is 15.0 Å². The third-order valence-corrected chi connectivity index (χ3v) is 2.97. The van der Waals surface area contributed by atoms with Crippen LogP contribution in [0.3, 0.4) is 0 Å². The maximum absolute atomic E-state index is 12.3. The van der Waals surface area contributed by atoms with E-state index in [0.717, 1.165) is 6.42 Å². The van der Waals surface area contributed by atoms with Gasteiger partial charge in [-0.05, 0) is 18.2 Å².